The first kappa shape index (κ1) is 9.68. The molecular weight excluding hydrogens is 152 g/mol. The van der Waals surface area contributed by atoms with Crippen molar-refractivity contribution in [2.24, 2.45) is 0 Å². The van der Waals surface area contributed by atoms with Crippen LogP contribution < -0.4 is 10.6 Å². The van der Waals surface area contributed by atoms with Crippen LogP contribution in [0.2, 0.25) is 0 Å². The van der Waals surface area contributed by atoms with Gasteiger partial charge in [0, 0.05) is 12.0 Å². The van der Waals surface area contributed by atoms with E-state index >= 15 is 0 Å². The van der Waals surface area contributed by atoms with Crippen molar-refractivity contribution < 1.29 is 4.79 Å². The van der Waals surface area contributed by atoms with Gasteiger partial charge in [-0.05, 0) is 39.9 Å². The highest BCUT2D eigenvalue weighted by Gasteiger charge is 2.30. The molecule has 1 aliphatic heterocycles. The topological polar surface area (TPSA) is 41.1 Å². The highest BCUT2D eigenvalue weighted by Crippen LogP contribution is 2.21. The highest BCUT2D eigenvalue weighted by molar-refractivity contribution is 5.76. The molecule has 0 bridgehead atoms. The molecule has 0 radical (unpaired) electrons. The second-order valence-electron chi connectivity index (χ2n) is 3.66. The normalized spacial score (nSPS) is 22.2. The van der Waals surface area contributed by atoms with Gasteiger partial charge in [0.15, 0.2) is 0 Å². The summed E-state index contributed by atoms with van der Waals surface area (Å²) in [7, 11) is 1.95. The molecule has 1 rings (SSSR count). The van der Waals surface area contributed by atoms with E-state index in [0.717, 1.165) is 25.9 Å². The Balaban J connectivity index is 2.53. The lowest BCUT2D eigenvalue weighted by molar-refractivity contribution is -0.118. The molecule has 0 aliphatic carbocycles. The number of hydrogen-bond acceptors (Lipinski definition) is 3. The Morgan fingerprint density at radius 1 is 1.50 bits per heavy atom. The van der Waals surface area contributed by atoms with Gasteiger partial charge >= 0.3 is 0 Å². The van der Waals surface area contributed by atoms with E-state index in [2.05, 4.69) is 10.6 Å². The number of hydrogen-bond donors (Lipinski definition) is 2. The molecule has 0 spiro atoms. The number of piperidine rings is 1. The zero-order valence-electron chi connectivity index (χ0n) is 7.94. The van der Waals surface area contributed by atoms with Crippen LogP contribution in [-0.2, 0) is 4.79 Å². The highest BCUT2D eigenvalue weighted by atomic mass is 16.1. The number of Topliss-reactive ketones (excluding diaryl/α,β-unsaturated/α-hetero) is 1. The second kappa shape index (κ2) is 4.01. The minimum absolute atomic E-state index is 0.0804. The van der Waals surface area contributed by atoms with Crippen LogP contribution in [0.15, 0.2) is 0 Å². The molecule has 0 unspecified atom stereocenters. The quantitative estimate of drug-likeness (QED) is 0.640. The van der Waals surface area contributed by atoms with Gasteiger partial charge < -0.3 is 10.6 Å². The number of rotatable bonds is 3. The van der Waals surface area contributed by atoms with Crippen molar-refractivity contribution in [2.45, 2.75) is 31.7 Å². The fourth-order valence-corrected chi connectivity index (χ4v) is 1.90. The first-order valence-corrected chi connectivity index (χ1v) is 4.58. The van der Waals surface area contributed by atoms with Crippen molar-refractivity contribution in [2.75, 3.05) is 20.1 Å². The maximum Gasteiger partial charge on any atom is 0.131 e. The smallest absolute Gasteiger partial charge is 0.131 e. The van der Waals surface area contributed by atoms with E-state index in [1.165, 1.54) is 0 Å². The molecule has 3 heteroatoms. The zero-order chi connectivity index (χ0) is 9.03. The van der Waals surface area contributed by atoms with Gasteiger partial charge in [0.05, 0.1) is 0 Å². The molecule has 0 amide bonds. The van der Waals surface area contributed by atoms with Crippen molar-refractivity contribution in [1.82, 2.24) is 10.6 Å². The SMILES string of the molecule is CNC1(CC(C)=O)CCNCC1. The van der Waals surface area contributed by atoms with Crippen molar-refractivity contribution in [1.29, 1.82) is 0 Å². The summed E-state index contributed by atoms with van der Waals surface area (Å²) in [5.74, 6) is 0.284. The van der Waals surface area contributed by atoms with Gasteiger partial charge in [0.25, 0.3) is 0 Å². The molecule has 70 valence electrons. The van der Waals surface area contributed by atoms with Gasteiger partial charge in [0.2, 0.25) is 0 Å². The zero-order valence-corrected chi connectivity index (χ0v) is 7.94. The van der Waals surface area contributed by atoms with Crippen LogP contribution in [0.4, 0.5) is 0 Å². The third-order valence-corrected chi connectivity index (χ3v) is 2.68. The largest absolute Gasteiger partial charge is 0.317 e. The fourth-order valence-electron chi connectivity index (χ4n) is 1.90. The maximum absolute atomic E-state index is 11.0. The Morgan fingerprint density at radius 3 is 2.50 bits per heavy atom. The number of ketones is 1. The lowest BCUT2D eigenvalue weighted by Gasteiger charge is -2.36. The summed E-state index contributed by atoms with van der Waals surface area (Å²) in [5, 5.41) is 6.58. The Bertz CT molecular complexity index is 162. The monoisotopic (exact) mass is 170 g/mol. The van der Waals surface area contributed by atoms with Crippen LogP contribution in [0.5, 0.6) is 0 Å². The predicted octanol–water partition coefficient (Wildman–Crippen LogP) is 0.307. The summed E-state index contributed by atoms with van der Waals surface area (Å²) >= 11 is 0. The van der Waals surface area contributed by atoms with E-state index in [1.807, 2.05) is 7.05 Å². The summed E-state index contributed by atoms with van der Waals surface area (Å²) in [4.78, 5) is 11.0. The summed E-state index contributed by atoms with van der Waals surface area (Å²) in [6.07, 6.45) is 2.79. The molecule has 0 aromatic heterocycles. The van der Waals surface area contributed by atoms with Crippen LogP contribution in [0.3, 0.4) is 0 Å². The van der Waals surface area contributed by atoms with E-state index in [-0.39, 0.29) is 11.3 Å². The summed E-state index contributed by atoms with van der Waals surface area (Å²) in [5.41, 5.74) is 0.0804. The van der Waals surface area contributed by atoms with Crippen molar-refractivity contribution in [3.63, 3.8) is 0 Å². The minimum atomic E-state index is 0.0804. The standard InChI is InChI=1S/C9H18N2O/c1-8(12)7-9(10-2)3-5-11-6-4-9/h10-11H,3-7H2,1-2H3. The van der Waals surface area contributed by atoms with Gasteiger partial charge in [-0.3, -0.25) is 4.79 Å². The lowest BCUT2D eigenvalue weighted by Crippen LogP contribution is -2.51. The first-order valence-electron chi connectivity index (χ1n) is 4.58. The lowest BCUT2D eigenvalue weighted by atomic mass is 9.84. The van der Waals surface area contributed by atoms with Gasteiger partial charge in [0.1, 0.15) is 5.78 Å². The third kappa shape index (κ3) is 2.29. The van der Waals surface area contributed by atoms with Crippen LogP contribution in [0.1, 0.15) is 26.2 Å². The Morgan fingerprint density at radius 2 is 2.08 bits per heavy atom. The van der Waals surface area contributed by atoms with Crippen molar-refractivity contribution in [3.8, 4) is 0 Å². The van der Waals surface area contributed by atoms with E-state index in [4.69, 9.17) is 0 Å². The maximum atomic E-state index is 11.0. The molecule has 12 heavy (non-hydrogen) atoms. The molecule has 3 nitrogen and oxygen atoms in total. The van der Waals surface area contributed by atoms with Gasteiger partial charge in [-0.15, -0.1) is 0 Å². The predicted molar refractivity (Wildman–Crippen MR) is 49.2 cm³/mol. The molecule has 1 aliphatic rings. The number of carbonyl (C=O) groups excluding carboxylic acids is 1. The van der Waals surface area contributed by atoms with Gasteiger partial charge in [-0.1, -0.05) is 0 Å². The molecule has 0 aromatic rings. The first-order chi connectivity index (χ1) is 5.68. The molecule has 0 aromatic carbocycles. The molecule has 1 fully saturated rings. The molecule has 1 saturated heterocycles. The van der Waals surface area contributed by atoms with Crippen LogP contribution in [0.25, 0.3) is 0 Å². The Kier molecular flexibility index (Phi) is 3.23. The Hall–Kier alpha value is -0.410. The van der Waals surface area contributed by atoms with Crippen LogP contribution in [0, 0.1) is 0 Å². The molecule has 1 heterocycles. The molecule has 2 N–H and O–H groups in total. The Labute approximate surface area is 73.9 Å². The van der Waals surface area contributed by atoms with E-state index in [1.54, 1.807) is 6.92 Å². The van der Waals surface area contributed by atoms with Crippen LogP contribution in [-0.4, -0.2) is 31.5 Å². The molecule has 0 saturated carbocycles. The second-order valence-corrected chi connectivity index (χ2v) is 3.66. The van der Waals surface area contributed by atoms with Crippen LogP contribution >= 0.6 is 0 Å². The summed E-state index contributed by atoms with van der Waals surface area (Å²) in [6.45, 7) is 3.71. The summed E-state index contributed by atoms with van der Waals surface area (Å²) in [6, 6.07) is 0. The third-order valence-electron chi connectivity index (χ3n) is 2.68. The van der Waals surface area contributed by atoms with Gasteiger partial charge in [-0.25, -0.2) is 0 Å². The molecule has 0 atom stereocenters. The van der Waals surface area contributed by atoms with E-state index in [9.17, 15) is 4.79 Å². The average Bonchev–Trinajstić information content (AvgIpc) is 2.05. The number of carbonyl (C=O) groups is 1. The van der Waals surface area contributed by atoms with Crippen molar-refractivity contribution >= 4 is 5.78 Å². The fraction of sp³-hybridized carbons (Fsp3) is 0.889. The summed E-state index contributed by atoms with van der Waals surface area (Å²) < 4.78 is 0. The van der Waals surface area contributed by atoms with E-state index in [0.29, 0.717) is 6.42 Å². The minimum Gasteiger partial charge on any atom is -0.317 e. The van der Waals surface area contributed by atoms with E-state index < -0.39 is 0 Å². The van der Waals surface area contributed by atoms with Crippen molar-refractivity contribution in [3.05, 3.63) is 0 Å². The van der Waals surface area contributed by atoms with Gasteiger partial charge in [-0.2, -0.15) is 0 Å². The average molecular weight is 170 g/mol. The number of nitrogens with one attached hydrogen (secondary N) is 2. The molecular formula is C9H18N2O.